The highest BCUT2D eigenvalue weighted by Gasteiger charge is 2.36. The number of hydrogen-bond donors (Lipinski definition) is 1. The van der Waals surface area contributed by atoms with Crippen molar-refractivity contribution in [3.8, 4) is 5.75 Å². The molecule has 1 fully saturated rings. The first-order chi connectivity index (χ1) is 18.3. The van der Waals surface area contributed by atoms with E-state index in [0.29, 0.717) is 22.6 Å². The van der Waals surface area contributed by atoms with E-state index in [1.54, 1.807) is 13.2 Å². The maximum Gasteiger partial charge on any atom is 0.263 e. The van der Waals surface area contributed by atoms with Gasteiger partial charge in [-0.2, -0.15) is 0 Å². The van der Waals surface area contributed by atoms with Gasteiger partial charge in [0.2, 0.25) is 5.95 Å². The summed E-state index contributed by atoms with van der Waals surface area (Å²) >= 11 is 7.59. The number of benzene rings is 2. The van der Waals surface area contributed by atoms with Crippen LogP contribution in [0.15, 0.2) is 47.6 Å². The standard InChI is InChI=1S/C27H30ClFN6O2S/c1-16-35(24-20(28)6-5-7-21(24)29)26(36)19-15-30-27(32-25(19)38-16)31-17-8-9-22(23(14-17)37-4)34-12-10-18(11-13-34)33(2)3/h5-9,14-16,18H,10-13H2,1-4H3,(H,30,31,32). The topological polar surface area (TPSA) is 73.8 Å². The Balaban J connectivity index is 1.34. The fourth-order valence-electron chi connectivity index (χ4n) is 4.94. The molecule has 5 rings (SSSR count). The summed E-state index contributed by atoms with van der Waals surface area (Å²) in [5.41, 5.74) is 2.19. The third-order valence-electron chi connectivity index (χ3n) is 7.00. The van der Waals surface area contributed by atoms with Crippen LogP contribution in [-0.2, 0) is 0 Å². The number of amides is 1. The summed E-state index contributed by atoms with van der Waals surface area (Å²) in [6.45, 7) is 3.76. The number of nitrogens with one attached hydrogen (secondary N) is 1. The summed E-state index contributed by atoms with van der Waals surface area (Å²) < 4.78 is 20.3. The number of halogens is 2. The van der Waals surface area contributed by atoms with Crippen LogP contribution >= 0.6 is 23.4 Å². The van der Waals surface area contributed by atoms with Gasteiger partial charge in [-0.1, -0.05) is 29.4 Å². The van der Waals surface area contributed by atoms with Crippen LogP contribution in [0, 0.1) is 5.82 Å². The largest absolute Gasteiger partial charge is 0.495 e. The Labute approximate surface area is 231 Å². The summed E-state index contributed by atoms with van der Waals surface area (Å²) in [7, 11) is 5.93. The predicted molar refractivity (Wildman–Crippen MR) is 151 cm³/mol. The number of carbonyl (C=O) groups excluding carboxylic acids is 1. The van der Waals surface area contributed by atoms with Crippen molar-refractivity contribution >= 4 is 52.3 Å². The van der Waals surface area contributed by atoms with E-state index < -0.39 is 17.1 Å². The van der Waals surface area contributed by atoms with Crippen molar-refractivity contribution in [1.29, 1.82) is 0 Å². The molecule has 200 valence electrons. The van der Waals surface area contributed by atoms with E-state index in [1.165, 1.54) is 35.0 Å². The van der Waals surface area contributed by atoms with Gasteiger partial charge in [-0.05, 0) is 58.1 Å². The van der Waals surface area contributed by atoms with E-state index in [4.69, 9.17) is 16.3 Å². The molecule has 0 bridgehead atoms. The Bertz CT molecular complexity index is 1330. The van der Waals surface area contributed by atoms with E-state index in [0.717, 1.165) is 43.1 Å². The minimum Gasteiger partial charge on any atom is -0.495 e. The average Bonchev–Trinajstić information content (AvgIpc) is 2.90. The Morgan fingerprint density at radius 3 is 2.66 bits per heavy atom. The smallest absolute Gasteiger partial charge is 0.263 e. The molecule has 2 aliphatic heterocycles. The summed E-state index contributed by atoms with van der Waals surface area (Å²) in [4.78, 5) is 28.2. The molecule has 38 heavy (non-hydrogen) atoms. The van der Waals surface area contributed by atoms with Crippen LogP contribution in [0.3, 0.4) is 0 Å². The Hall–Kier alpha value is -3.08. The zero-order valence-corrected chi connectivity index (χ0v) is 23.3. The Morgan fingerprint density at radius 1 is 1.21 bits per heavy atom. The zero-order valence-electron chi connectivity index (χ0n) is 21.7. The van der Waals surface area contributed by atoms with Crippen molar-refractivity contribution in [3.05, 3.63) is 59.0 Å². The third-order valence-corrected chi connectivity index (χ3v) is 8.39. The highest BCUT2D eigenvalue weighted by atomic mass is 35.5. The normalized spacial score (nSPS) is 18.1. The van der Waals surface area contributed by atoms with Crippen molar-refractivity contribution in [2.45, 2.75) is 36.2 Å². The number of hydrogen-bond acceptors (Lipinski definition) is 8. The van der Waals surface area contributed by atoms with E-state index in [2.05, 4.69) is 39.2 Å². The SMILES string of the molecule is COc1cc(Nc2ncc3c(n2)SC(C)N(c2c(F)cccc2Cl)C3=O)ccc1N1CCC(N(C)C)CC1. The quantitative estimate of drug-likeness (QED) is 0.390. The number of methoxy groups -OCH3 is 1. The minimum atomic E-state index is -0.555. The number of carbonyl (C=O) groups is 1. The molecule has 2 aliphatic rings. The number of thioether (sulfide) groups is 1. The van der Waals surface area contributed by atoms with E-state index >= 15 is 0 Å². The Kier molecular flexibility index (Phi) is 7.65. The van der Waals surface area contributed by atoms with E-state index in [-0.39, 0.29) is 10.7 Å². The van der Waals surface area contributed by atoms with Crippen molar-refractivity contribution in [2.75, 3.05) is 49.4 Å². The lowest BCUT2D eigenvalue weighted by molar-refractivity contribution is 0.0978. The minimum absolute atomic E-state index is 0.0603. The van der Waals surface area contributed by atoms with Gasteiger partial charge in [0, 0.05) is 37.1 Å². The van der Waals surface area contributed by atoms with Gasteiger partial charge in [-0.3, -0.25) is 9.69 Å². The second-order valence-corrected chi connectivity index (χ2v) is 11.3. The molecule has 3 heterocycles. The lowest BCUT2D eigenvalue weighted by Crippen LogP contribution is -2.42. The van der Waals surface area contributed by atoms with Crippen LogP contribution in [0.1, 0.15) is 30.1 Å². The first-order valence-electron chi connectivity index (χ1n) is 12.4. The molecule has 0 aliphatic carbocycles. The zero-order chi connectivity index (χ0) is 27.0. The second-order valence-electron chi connectivity index (χ2n) is 9.57. The number of nitrogens with zero attached hydrogens (tertiary/aromatic N) is 5. The third kappa shape index (κ3) is 5.12. The second kappa shape index (κ2) is 11.0. The van der Waals surface area contributed by atoms with Crippen LogP contribution < -0.4 is 19.9 Å². The van der Waals surface area contributed by atoms with Crippen LogP contribution in [0.5, 0.6) is 5.75 Å². The predicted octanol–water partition coefficient (Wildman–Crippen LogP) is 5.65. The molecule has 0 saturated carbocycles. The molecule has 1 unspecified atom stereocenters. The molecular weight excluding hydrogens is 527 g/mol. The van der Waals surface area contributed by atoms with Gasteiger partial charge in [0.1, 0.15) is 16.6 Å². The first-order valence-corrected chi connectivity index (χ1v) is 13.7. The number of aromatic nitrogens is 2. The lowest BCUT2D eigenvalue weighted by Gasteiger charge is -2.37. The molecule has 1 N–H and O–H groups in total. The lowest BCUT2D eigenvalue weighted by atomic mass is 10.0. The van der Waals surface area contributed by atoms with E-state index in [9.17, 15) is 9.18 Å². The first kappa shape index (κ1) is 26.5. The van der Waals surface area contributed by atoms with Crippen molar-refractivity contribution in [3.63, 3.8) is 0 Å². The molecule has 1 saturated heterocycles. The van der Waals surface area contributed by atoms with Gasteiger partial charge in [0.15, 0.2) is 0 Å². The maximum absolute atomic E-state index is 14.6. The van der Waals surface area contributed by atoms with Gasteiger partial charge >= 0.3 is 0 Å². The van der Waals surface area contributed by atoms with Gasteiger partial charge in [0.25, 0.3) is 5.91 Å². The van der Waals surface area contributed by atoms with Crippen molar-refractivity contribution < 1.29 is 13.9 Å². The molecule has 0 spiro atoms. The highest BCUT2D eigenvalue weighted by Crippen LogP contribution is 2.41. The van der Waals surface area contributed by atoms with Crippen LogP contribution in [0.2, 0.25) is 5.02 Å². The van der Waals surface area contributed by atoms with Gasteiger partial charge in [-0.25, -0.2) is 14.4 Å². The van der Waals surface area contributed by atoms with Crippen molar-refractivity contribution in [2.24, 2.45) is 0 Å². The molecule has 1 atom stereocenters. The number of rotatable bonds is 6. The average molecular weight is 557 g/mol. The summed E-state index contributed by atoms with van der Waals surface area (Å²) in [6, 6.07) is 10.9. The molecule has 1 aromatic heterocycles. The monoisotopic (exact) mass is 556 g/mol. The maximum atomic E-state index is 14.6. The summed E-state index contributed by atoms with van der Waals surface area (Å²) in [5.74, 6) is 0.177. The highest BCUT2D eigenvalue weighted by molar-refractivity contribution is 8.00. The Morgan fingerprint density at radius 2 is 1.97 bits per heavy atom. The number of ether oxygens (including phenoxy) is 1. The summed E-state index contributed by atoms with van der Waals surface area (Å²) in [6.07, 6.45) is 3.68. The van der Waals surface area contributed by atoms with Gasteiger partial charge in [-0.15, -0.1) is 0 Å². The van der Waals surface area contributed by atoms with Crippen LogP contribution in [0.25, 0.3) is 0 Å². The van der Waals surface area contributed by atoms with Gasteiger partial charge < -0.3 is 19.9 Å². The fourth-order valence-corrected chi connectivity index (χ4v) is 6.23. The van der Waals surface area contributed by atoms with Gasteiger partial charge in [0.05, 0.1) is 34.4 Å². The number of para-hydroxylation sites is 1. The summed E-state index contributed by atoms with van der Waals surface area (Å²) in [5, 5.41) is 3.51. The van der Waals surface area contributed by atoms with Crippen molar-refractivity contribution in [1.82, 2.24) is 14.9 Å². The number of fused-ring (bicyclic) bond motifs is 1. The molecule has 1 amide bonds. The molecule has 0 radical (unpaired) electrons. The molecule has 2 aromatic carbocycles. The molecule has 8 nitrogen and oxygen atoms in total. The fraction of sp³-hybridized carbons (Fsp3) is 0.370. The van der Waals surface area contributed by atoms with E-state index in [1.807, 2.05) is 25.1 Å². The van der Waals surface area contributed by atoms with Crippen LogP contribution in [0.4, 0.5) is 27.4 Å². The number of anilines is 4. The molecule has 3 aromatic rings. The number of piperidine rings is 1. The van der Waals surface area contributed by atoms with Crippen LogP contribution in [-0.4, -0.2) is 66.5 Å². The molecular formula is C27H30ClFN6O2S. The molecule has 11 heteroatoms.